The number of nitriles is 1. The van der Waals surface area contributed by atoms with Crippen LogP contribution in [0.3, 0.4) is 0 Å². The lowest BCUT2D eigenvalue weighted by Crippen LogP contribution is -2.34. The highest BCUT2D eigenvalue weighted by molar-refractivity contribution is 7.99. The topological polar surface area (TPSA) is 56.0 Å². The second kappa shape index (κ2) is 7.98. The molecule has 2 N–H and O–H groups in total. The number of nitrogens with zero attached hydrogens (tertiary/aromatic N) is 1. The van der Waals surface area contributed by atoms with Gasteiger partial charge in [-0.05, 0) is 32.9 Å². The van der Waals surface area contributed by atoms with Crippen LogP contribution < -0.4 is 5.32 Å². The number of nitrogens with one attached hydrogen (secondary N) is 1. The fraction of sp³-hybridized carbons (Fsp3) is 0.909. The molecule has 0 bridgehead atoms. The third kappa shape index (κ3) is 7.66. The van der Waals surface area contributed by atoms with Gasteiger partial charge in [-0.15, -0.1) is 0 Å². The summed E-state index contributed by atoms with van der Waals surface area (Å²) < 4.78 is 0. The molecule has 0 aromatic rings. The number of hydrogen-bond acceptors (Lipinski definition) is 4. The Labute approximate surface area is 97.2 Å². The predicted octanol–water partition coefficient (Wildman–Crippen LogP) is 1.77. The van der Waals surface area contributed by atoms with E-state index in [9.17, 15) is 5.11 Å². The first-order valence-electron chi connectivity index (χ1n) is 5.42. The summed E-state index contributed by atoms with van der Waals surface area (Å²) in [6, 6.07) is 2.52. The van der Waals surface area contributed by atoms with Gasteiger partial charge in [0.15, 0.2) is 0 Å². The number of aliphatic hydroxyl groups excluding tert-OH is 1. The molecular formula is C11H22N2OS. The zero-order chi connectivity index (χ0) is 11.8. The molecule has 0 amide bonds. The molecule has 0 saturated carbocycles. The van der Waals surface area contributed by atoms with Crippen molar-refractivity contribution in [1.29, 1.82) is 5.26 Å². The van der Waals surface area contributed by atoms with Crippen molar-refractivity contribution in [1.82, 2.24) is 5.32 Å². The van der Waals surface area contributed by atoms with Crippen LogP contribution in [0.25, 0.3) is 0 Å². The van der Waals surface area contributed by atoms with Gasteiger partial charge < -0.3 is 5.11 Å². The van der Waals surface area contributed by atoms with Crippen molar-refractivity contribution in [2.24, 2.45) is 0 Å². The van der Waals surface area contributed by atoms with Gasteiger partial charge in [-0.1, -0.05) is 6.92 Å². The molecule has 0 spiro atoms. The lowest BCUT2D eigenvalue weighted by Gasteiger charge is -2.17. The number of thioether (sulfide) groups is 1. The van der Waals surface area contributed by atoms with Crippen molar-refractivity contribution in [2.45, 2.75) is 57.6 Å². The average molecular weight is 230 g/mol. The molecular weight excluding hydrogens is 208 g/mol. The quantitative estimate of drug-likeness (QED) is 0.700. The molecule has 15 heavy (non-hydrogen) atoms. The molecule has 0 aliphatic carbocycles. The number of hydrogen-bond donors (Lipinski definition) is 2. The zero-order valence-corrected chi connectivity index (χ0v) is 10.8. The van der Waals surface area contributed by atoms with Crippen LogP contribution in [0.1, 0.15) is 34.1 Å². The van der Waals surface area contributed by atoms with Gasteiger partial charge in [0.2, 0.25) is 0 Å². The van der Waals surface area contributed by atoms with Gasteiger partial charge in [0.1, 0.15) is 0 Å². The van der Waals surface area contributed by atoms with Crippen molar-refractivity contribution < 1.29 is 5.11 Å². The molecule has 88 valence electrons. The minimum Gasteiger partial charge on any atom is -0.392 e. The summed E-state index contributed by atoms with van der Waals surface area (Å²) in [5.74, 6) is 0.907. The molecule has 0 rings (SSSR count). The normalized spacial score (nSPS) is 17.1. The molecule has 3 unspecified atom stereocenters. The molecule has 0 aliphatic rings. The fourth-order valence-corrected chi connectivity index (χ4v) is 2.12. The SMILES string of the molecule is CC(C)NC(C#N)CCSC(C)C(C)O. The average Bonchev–Trinajstić information content (AvgIpc) is 2.15. The first-order chi connectivity index (χ1) is 6.97. The van der Waals surface area contributed by atoms with E-state index in [0.717, 1.165) is 12.2 Å². The lowest BCUT2D eigenvalue weighted by atomic mass is 10.2. The Bertz CT molecular complexity index is 201. The second-order valence-electron chi connectivity index (χ2n) is 4.11. The van der Waals surface area contributed by atoms with Gasteiger partial charge in [-0.2, -0.15) is 17.0 Å². The van der Waals surface area contributed by atoms with E-state index in [0.29, 0.717) is 6.04 Å². The predicted molar refractivity (Wildman–Crippen MR) is 65.9 cm³/mol. The highest BCUT2D eigenvalue weighted by Gasteiger charge is 2.12. The first-order valence-corrected chi connectivity index (χ1v) is 6.47. The smallest absolute Gasteiger partial charge is 0.0962 e. The highest BCUT2D eigenvalue weighted by Crippen LogP contribution is 2.15. The molecule has 3 nitrogen and oxygen atoms in total. The van der Waals surface area contributed by atoms with Crippen molar-refractivity contribution >= 4 is 11.8 Å². The Hall–Kier alpha value is -0.240. The van der Waals surface area contributed by atoms with Crippen molar-refractivity contribution in [2.75, 3.05) is 5.75 Å². The second-order valence-corrected chi connectivity index (χ2v) is 5.59. The summed E-state index contributed by atoms with van der Waals surface area (Å²) in [6.07, 6.45) is 0.546. The van der Waals surface area contributed by atoms with Crippen molar-refractivity contribution in [3.05, 3.63) is 0 Å². The van der Waals surface area contributed by atoms with Crippen LogP contribution >= 0.6 is 11.8 Å². The van der Waals surface area contributed by atoms with Crippen LogP contribution in [-0.2, 0) is 0 Å². The largest absolute Gasteiger partial charge is 0.392 e. The summed E-state index contributed by atoms with van der Waals surface area (Å²) >= 11 is 1.71. The van der Waals surface area contributed by atoms with E-state index in [1.807, 2.05) is 20.8 Å². The monoisotopic (exact) mass is 230 g/mol. The third-order valence-corrected chi connectivity index (χ3v) is 3.55. The van der Waals surface area contributed by atoms with Gasteiger partial charge in [0.25, 0.3) is 0 Å². The molecule has 3 atom stereocenters. The van der Waals surface area contributed by atoms with E-state index in [1.165, 1.54) is 0 Å². The zero-order valence-electron chi connectivity index (χ0n) is 10.0. The van der Waals surface area contributed by atoms with Crippen LogP contribution in [0.2, 0.25) is 0 Å². The minimum absolute atomic E-state index is 0.0706. The standard InChI is InChI=1S/C11H22N2OS/c1-8(2)13-11(7-12)5-6-15-10(4)9(3)14/h8-11,13-14H,5-6H2,1-4H3. The maximum absolute atomic E-state index is 9.29. The van der Waals surface area contributed by atoms with Crippen molar-refractivity contribution in [3.63, 3.8) is 0 Å². The van der Waals surface area contributed by atoms with Crippen LogP contribution in [-0.4, -0.2) is 34.3 Å². The van der Waals surface area contributed by atoms with Gasteiger partial charge in [0, 0.05) is 11.3 Å². The lowest BCUT2D eigenvalue weighted by molar-refractivity contribution is 0.196. The Balaban J connectivity index is 3.69. The van der Waals surface area contributed by atoms with E-state index < -0.39 is 0 Å². The molecule has 0 radical (unpaired) electrons. The van der Waals surface area contributed by atoms with E-state index in [-0.39, 0.29) is 17.4 Å². The van der Waals surface area contributed by atoms with Crippen LogP contribution in [0, 0.1) is 11.3 Å². The Morgan fingerprint density at radius 3 is 2.33 bits per heavy atom. The minimum atomic E-state index is -0.284. The Morgan fingerprint density at radius 1 is 1.33 bits per heavy atom. The van der Waals surface area contributed by atoms with E-state index in [1.54, 1.807) is 18.7 Å². The summed E-state index contributed by atoms with van der Waals surface area (Å²) in [6.45, 7) is 7.88. The summed E-state index contributed by atoms with van der Waals surface area (Å²) in [5.41, 5.74) is 0. The summed E-state index contributed by atoms with van der Waals surface area (Å²) in [4.78, 5) is 0. The summed E-state index contributed by atoms with van der Waals surface area (Å²) in [7, 11) is 0. The third-order valence-electron chi connectivity index (χ3n) is 2.16. The molecule has 0 heterocycles. The Kier molecular flexibility index (Phi) is 7.85. The molecule has 0 aromatic carbocycles. The fourth-order valence-electron chi connectivity index (χ4n) is 1.10. The van der Waals surface area contributed by atoms with E-state index in [2.05, 4.69) is 11.4 Å². The Morgan fingerprint density at radius 2 is 1.93 bits per heavy atom. The van der Waals surface area contributed by atoms with Crippen LogP contribution in [0.4, 0.5) is 0 Å². The van der Waals surface area contributed by atoms with E-state index >= 15 is 0 Å². The van der Waals surface area contributed by atoms with E-state index in [4.69, 9.17) is 5.26 Å². The number of aliphatic hydroxyl groups is 1. The van der Waals surface area contributed by atoms with Crippen LogP contribution in [0.15, 0.2) is 0 Å². The molecule has 0 aliphatic heterocycles. The highest BCUT2D eigenvalue weighted by atomic mass is 32.2. The van der Waals surface area contributed by atoms with Gasteiger partial charge in [0.05, 0.1) is 18.2 Å². The maximum Gasteiger partial charge on any atom is 0.0962 e. The molecule has 0 fully saturated rings. The van der Waals surface area contributed by atoms with Crippen molar-refractivity contribution in [3.8, 4) is 6.07 Å². The van der Waals surface area contributed by atoms with Gasteiger partial charge in [-0.25, -0.2) is 0 Å². The van der Waals surface area contributed by atoms with Crippen LogP contribution in [0.5, 0.6) is 0 Å². The summed E-state index contributed by atoms with van der Waals surface area (Å²) in [5, 5.41) is 21.6. The molecule has 0 saturated heterocycles. The molecule has 0 aromatic heterocycles. The van der Waals surface area contributed by atoms with Gasteiger partial charge in [-0.3, -0.25) is 5.32 Å². The number of rotatable bonds is 7. The maximum atomic E-state index is 9.29. The first kappa shape index (κ1) is 14.8. The van der Waals surface area contributed by atoms with Gasteiger partial charge >= 0.3 is 0 Å². The molecule has 4 heteroatoms.